The van der Waals surface area contributed by atoms with Crippen LogP contribution >= 0.6 is 0 Å². The number of halogens is 1. The van der Waals surface area contributed by atoms with Gasteiger partial charge in [-0.05, 0) is 42.3 Å². The lowest BCUT2D eigenvalue weighted by Crippen LogP contribution is -2.01. The number of H-pyrrole nitrogens is 1. The van der Waals surface area contributed by atoms with Gasteiger partial charge in [-0.1, -0.05) is 6.07 Å². The molecule has 0 saturated heterocycles. The van der Waals surface area contributed by atoms with E-state index in [0.717, 1.165) is 22.2 Å². The van der Waals surface area contributed by atoms with Crippen molar-refractivity contribution in [1.29, 1.82) is 0 Å². The van der Waals surface area contributed by atoms with E-state index < -0.39 is 0 Å². The third kappa shape index (κ3) is 2.29. The molecule has 96 valence electrons. The number of nitrogens with one attached hydrogen (secondary N) is 2. The molecular formula is C15H14FN3. The number of rotatable bonds is 3. The molecule has 3 nitrogen and oxygen atoms in total. The molecule has 0 aliphatic carbocycles. The van der Waals surface area contributed by atoms with Gasteiger partial charge in [0.1, 0.15) is 11.5 Å². The molecule has 2 aromatic heterocycles. The topological polar surface area (TPSA) is 40.7 Å². The minimum absolute atomic E-state index is 0.224. The van der Waals surface area contributed by atoms with Gasteiger partial charge in [0.05, 0.1) is 5.69 Å². The van der Waals surface area contributed by atoms with Crippen molar-refractivity contribution >= 4 is 16.7 Å². The van der Waals surface area contributed by atoms with Gasteiger partial charge in [0.15, 0.2) is 0 Å². The van der Waals surface area contributed by atoms with E-state index in [-0.39, 0.29) is 5.82 Å². The van der Waals surface area contributed by atoms with Crippen LogP contribution in [0.1, 0.15) is 11.1 Å². The summed E-state index contributed by atoms with van der Waals surface area (Å²) in [7, 11) is 0. The summed E-state index contributed by atoms with van der Waals surface area (Å²) >= 11 is 0. The van der Waals surface area contributed by atoms with Crippen LogP contribution in [0.2, 0.25) is 0 Å². The van der Waals surface area contributed by atoms with Gasteiger partial charge in [-0.15, -0.1) is 0 Å². The number of anilines is 1. The summed E-state index contributed by atoms with van der Waals surface area (Å²) < 4.78 is 13.7. The molecule has 2 N–H and O–H groups in total. The summed E-state index contributed by atoms with van der Waals surface area (Å²) in [4.78, 5) is 7.33. The van der Waals surface area contributed by atoms with Crippen molar-refractivity contribution in [3.8, 4) is 0 Å². The standard InChI is InChI=1S/C15H14FN3/c1-10-4-5-14(13(16)7-10)18-8-11-9-19-15-12(11)3-2-6-17-15/h2-7,9,18H,8H2,1H3,(H,17,19). The molecule has 0 spiro atoms. The second-order valence-corrected chi connectivity index (χ2v) is 4.55. The van der Waals surface area contributed by atoms with Crippen LogP contribution in [0.15, 0.2) is 42.7 Å². The summed E-state index contributed by atoms with van der Waals surface area (Å²) in [5, 5.41) is 4.17. The molecule has 0 aliphatic heterocycles. The van der Waals surface area contributed by atoms with Gasteiger partial charge in [-0.25, -0.2) is 9.37 Å². The molecule has 1 aromatic carbocycles. The average Bonchev–Trinajstić information content (AvgIpc) is 2.81. The molecule has 4 heteroatoms. The van der Waals surface area contributed by atoms with Crippen LogP contribution in [-0.2, 0) is 6.54 Å². The molecule has 19 heavy (non-hydrogen) atoms. The number of aromatic amines is 1. The normalized spacial score (nSPS) is 10.8. The van der Waals surface area contributed by atoms with Crippen LogP contribution in [0.3, 0.4) is 0 Å². The molecular weight excluding hydrogens is 241 g/mol. The fourth-order valence-corrected chi connectivity index (χ4v) is 2.11. The van der Waals surface area contributed by atoms with Crippen LogP contribution in [0.25, 0.3) is 11.0 Å². The Kier molecular flexibility index (Phi) is 2.91. The zero-order chi connectivity index (χ0) is 13.2. The number of aryl methyl sites for hydroxylation is 1. The molecule has 0 unspecified atom stereocenters. The first-order valence-corrected chi connectivity index (χ1v) is 6.15. The lowest BCUT2D eigenvalue weighted by molar-refractivity contribution is 0.629. The summed E-state index contributed by atoms with van der Waals surface area (Å²) in [5.74, 6) is -0.224. The highest BCUT2D eigenvalue weighted by Gasteiger charge is 2.05. The van der Waals surface area contributed by atoms with Gasteiger partial charge in [-0.2, -0.15) is 0 Å². The van der Waals surface area contributed by atoms with Gasteiger partial charge < -0.3 is 10.3 Å². The number of hydrogen-bond acceptors (Lipinski definition) is 2. The molecule has 0 amide bonds. The van der Waals surface area contributed by atoms with E-state index in [0.29, 0.717) is 12.2 Å². The van der Waals surface area contributed by atoms with Crippen molar-refractivity contribution in [3.63, 3.8) is 0 Å². The fourth-order valence-electron chi connectivity index (χ4n) is 2.11. The first-order chi connectivity index (χ1) is 9.24. The monoisotopic (exact) mass is 255 g/mol. The quantitative estimate of drug-likeness (QED) is 0.750. The predicted octanol–water partition coefficient (Wildman–Crippen LogP) is 3.62. The Bertz CT molecular complexity index is 718. The maximum atomic E-state index is 13.7. The predicted molar refractivity (Wildman–Crippen MR) is 74.6 cm³/mol. The van der Waals surface area contributed by atoms with E-state index >= 15 is 0 Å². The molecule has 0 saturated carbocycles. The van der Waals surface area contributed by atoms with Crippen molar-refractivity contribution < 1.29 is 4.39 Å². The first kappa shape index (κ1) is 11.7. The van der Waals surface area contributed by atoms with Crippen molar-refractivity contribution in [2.24, 2.45) is 0 Å². The largest absolute Gasteiger partial charge is 0.379 e. The Labute approximate surface area is 110 Å². The zero-order valence-corrected chi connectivity index (χ0v) is 10.6. The average molecular weight is 255 g/mol. The van der Waals surface area contributed by atoms with E-state index in [1.54, 1.807) is 12.3 Å². The van der Waals surface area contributed by atoms with Crippen LogP contribution in [0, 0.1) is 12.7 Å². The minimum Gasteiger partial charge on any atom is -0.379 e. The first-order valence-electron chi connectivity index (χ1n) is 6.15. The Balaban J connectivity index is 1.82. The Morgan fingerprint density at radius 1 is 1.32 bits per heavy atom. The maximum Gasteiger partial charge on any atom is 0.146 e. The summed E-state index contributed by atoms with van der Waals surface area (Å²) in [6.07, 6.45) is 3.65. The SMILES string of the molecule is Cc1ccc(NCc2c[nH]c3ncccc23)c(F)c1. The zero-order valence-electron chi connectivity index (χ0n) is 10.6. The number of fused-ring (bicyclic) bond motifs is 1. The Hall–Kier alpha value is -2.36. The number of benzene rings is 1. The van der Waals surface area contributed by atoms with Gasteiger partial charge in [0.2, 0.25) is 0 Å². The molecule has 2 heterocycles. The Morgan fingerprint density at radius 2 is 2.21 bits per heavy atom. The van der Waals surface area contributed by atoms with Crippen molar-refractivity contribution in [2.75, 3.05) is 5.32 Å². The van der Waals surface area contributed by atoms with Gasteiger partial charge >= 0.3 is 0 Å². The lowest BCUT2D eigenvalue weighted by atomic mass is 10.2. The Morgan fingerprint density at radius 3 is 3.05 bits per heavy atom. The number of pyridine rings is 1. The van der Waals surface area contributed by atoms with E-state index in [1.165, 1.54) is 6.07 Å². The van der Waals surface area contributed by atoms with E-state index in [1.807, 2.05) is 31.3 Å². The summed E-state index contributed by atoms with van der Waals surface area (Å²) in [5.41, 5.74) is 3.36. The minimum atomic E-state index is -0.224. The molecule has 0 fully saturated rings. The molecule has 0 aliphatic rings. The molecule has 3 aromatic rings. The lowest BCUT2D eigenvalue weighted by Gasteiger charge is -2.07. The molecule has 0 bridgehead atoms. The van der Waals surface area contributed by atoms with Crippen LogP contribution in [0.4, 0.5) is 10.1 Å². The summed E-state index contributed by atoms with van der Waals surface area (Å²) in [6.45, 7) is 2.43. The highest BCUT2D eigenvalue weighted by molar-refractivity contribution is 5.79. The van der Waals surface area contributed by atoms with Crippen molar-refractivity contribution in [3.05, 3.63) is 59.7 Å². The van der Waals surface area contributed by atoms with Gasteiger partial charge in [0, 0.05) is 24.3 Å². The van der Waals surface area contributed by atoms with E-state index in [2.05, 4.69) is 15.3 Å². The highest BCUT2D eigenvalue weighted by atomic mass is 19.1. The third-order valence-electron chi connectivity index (χ3n) is 3.13. The van der Waals surface area contributed by atoms with Crippen molar-refractivity contribution in [2.45, 2.75) is 13.5 Å². The molecule has 3 rings (SSSR count). The van der Waals surface area contributed by atoms with Crippen LogP contribution in [-0.4, -0.2) is 9.97 Å². The van der Waals surface area contributed by atoms with Gasteiger partial charge in [0.25, 0.3) is 0 Å². The smallest absolute Gasteiger partial charge is 0.146 e. The fraction of sp³-hybridized carbons (Fsp3) is 0.133. The summed E-state index contributed by atoms with van der Waals surface area (Å²) in [6, 6.07) is 9.08. The second kappa shape index (κ2) is 4.72. The molecule has 0 radical (unpaired) electrons. The third-order valence-corrected chi connectivity index (χ3v) is 3.13. The van der Waals surface area contributed by atoms with Crippen molar-refractivity contribution in [1.82, 2.24) is 9.97 Å². The number of nitrogens with zero attached hydrogens (tertiary/aromatic N) is 1. The highest BCUT2D eigenvalue weighted by Crippen LogP contribution is 2.19. The number of aromatic nitrogens is 2. The van der Waals surface area contributed by atoms with Crippen LogP contribution in [0.5, 0.6) is 0 Å². The number of hydrogen-bond donors (Lipinski definition) is 2. The molecule has 0 atom stereocenters. The second-order valence-electron chi connectivity index (χ2n) is 4.55. The van der Waals surface area contributed by atoms with E-state index in [9.17, 15) is 4.39 Å². The van der Waals surface area contributed by atoms with Gasteiger partial charge in [-0.3, -0.25) is 0 Å². The maximum absolute atomic E-state index is 13.7. The van der Waals surface area contributed by atoms with E-state index in [4.69, 9.17) is 0 Å². The van der Waals surface area contributed by atoms with Crippen LogP contribution < -0.4 is 5.32 Å².